The van der Waals surface area contributed by atoms with E-state index in [0.717, 1.165) is 22.2 Å². The van der Waals surface area contributed by atoms with Crippen LogP contribution in [0.15, 0.2) is 53.1 Å². The molecule has 0 aliphatic carbocycles. The maximum Gasteiger partial charge on any atom is 0.136 e. The van der Waals surface area contributed by atoms with Crippen molar-refractivity contribution >= 4 is 10.9 Å². The largest absolute Gasteiger partial charge is 0.464 e. The van der Waals surface area contributed by atoms with Crippen molar-refractivity contribution in [2.24, 2.45) is 0 Å². The molecule has 71 valence electrons. The van der Waals surface area contributed by atoms with Gasteiger partial charge in [-0.05, 0) is 24.3 Å². The van der Waals surface area contributed by atoms with Crippen molar-refractivity contribution in [1.29, 1.82) is 0 Å². The van der Waals surface area contributed by atoms with Gasteiger partial charge in [0.15, 0.2) is 0 Å². The summed E-state index contributed by atoms with van der Waals surface area (Å²) < 4.78 is 5.30. The smallest absolute Gasteiger partial charge is 0.136 e. The minimum atomic E-state index is 0.799. The lowest BCUT2D eigenvalue weighted by atomic mass is 10.1. The molecule has 0 fully saturated rings. The van der Waals surface area contributed by atoms with Crippen LogP contribution in [0.2, 0.25) is 0 Å². The Labute approximate surface area is 87.2 Å². The van der Waals surface area contributed by atoms with E-state index in [1.807, 2.05) is 42.5 Å². The zero-order chi connectivity index (χ0) is 10.1. The number of nitrogens with zero attached hydrogens (tertiary/aromatic N) is 1. The summed E-state index contributed by atoms with van der Waals surface area (Å²) in [5, 5.41) is 1.10. The molecule has 2 nitrogen and oxygen atoms in total. The Hall–Kier alpha value is -2.09. The predicted octanol–water partition coefficient (Wildman–Crippen LogP) is 3.29. The summed E-state index contributed by atoms with van der Waals surface area (Å²) in [7, 11) is 0. The third-order valence-corrected chi connectivity index (χ3v) is 2.32. The zero-order valence-electron chi connectivity index (χ0n) is 7.97. The molecule has 0 spiro atoms. The second-order valence-corrected chi connectivity index (χ2v) is 3.32. The summed E-state index contributed by atoms with van der Waals surface area (Å²) in [6, 6.07) is 13.8. The van der Waals surface area contributed by atoms with Crippen LogP contribution in [-0.4, -0.2) is 4.98 Å². The van der Waals surface area contributed by atoms with Crippen LogP contribution in [0.4, 0.5) is 0 Å². The van der Waals surface area contributed by atoms with E-state index in [-0.39, 0.29) is 0 Å². The number of rotatable bonds is 1. The summed E-state index contributed by atoms with van der Waals surface area (Å²) in [5.74, 6) is 0.799. The Morgan fingerprint density at radius 1 is 1.07 bits per heavy atom. The summed E-state index contributed by atoms with van der Waals surface area (Å²) in [5.41, 5.74) is 1.84. The van der Waals surface area contributed by atoms with Gasteiger partial charge < -0.3 is 4.42 Å². The Bertz CT molecular complexity index is 584. The molecule has 0 amide bonds. The van der Waals surface area contributed by atoms with E-state index in [1.165, 1.54) is 0 Å². The van der Waals surface area contributed by atoms with Crippen LogP contribution in [0.25, 0.3) is 22.2 Å². The Kier molecular flexibility index (Phi) is 1.78. The third-order valence-electron chi connectivity index (χ3n) is 2.32. The van der Waals surface area contributed by atoms with Crippen molar-refractivity contribution in [1.82, 2.24) is 4.98 Å². The molecular formula is C13H8NO. The van der Waals surface area contributed by atoms with E-state index in [2.05, 4.69) is 11.2 Å². The highest BCUT2D eigenvalue weighted by atomic mass is 16.3. The predicted molar refractivity (Wildman–Crippen MR) is 58.3 cm³/mol. The lowest BCUT2D eigenvalue weighted by Crippen LogP contribution is -1.81. The van der Waals surface area contributed by atoms with Crippen LogP contribution in [0.3, 0.4) is 0 Å². The molecular weight excluding hydrogens is 186 g/mol. The molecule has 3 rings (SSSR count). The molecule has 2 aromatic heterocycles. The molecule has 1 radical (unpaired) electrons. The van der Waals surface area contributed by atoms with E-state index in [1.54, 1.807) is 6.26 Å². The highest BCUT2D eigenvalue weighted by Crippen LogP contribution is 2.22. The number of aromatic nitrogens is 1. The van der Waals surface area contributed by atoms with E-state index < -0.39 is 0 Å². The molecule has 0 aliphatic rings. The van der Waals surface area contributed by atoms with E-state index in [9.17, 15) is 0 Å². The molecule has 0 atom stereocenters. The summed E-state index contributed by atoms with van der Waals surface area (Å²) >= 11 is 0. The first-order valence-corrected chi connectivity index (χ1v) is 4.75. The van der Waals surface area contributed by atoms with Crippen molar-refractivity contribution in [3.8, 4) is 11.3 Å². The number of benzene rings is 1. The fourth-order valence-electron chi connectivity index (χ4n) is 1.58. The molecule has 0 unspecified atom stereocenters. The van der Waals surface area contributed by atoms with Crippen LogP contribution in [-0.2, 0) is 0 Å². The van der Waals surface area contributed by atoms with Gasteiger partial charge in [-0.2, -0.15) is 0 Å². The number of hydrogen-bond donors (Lipinski definition) is 0. The number of hydrogen-bond acceptors (Lipinski definition) is 2. The van der Waals surface area contributed by atoms with Gasteiger partial charge in [-0.1, -0.05) is 18.2 Å². The molecule has 2 heterocycles. The first-order chi connectivity index (χ1) is 7.43. The van der Waals surface area contributed by atoms with Crippen LogP contribution in [0, 0.1) is 6.20 Å². The van der Waals surface area contributed by atoms with Gasteiger partial charge in [0.25, 0.3) is 0 Å². The molecule has 15 heavy (non-hydrogen) atoms. The van der Waals surface area contributed by atoms with Gasteiger partial charge in [0.05, 0.1) is 11.8 Å². The fourth-order valence-corrected chi connectivity index (χ4v) is 1.58. The molecule has 1 aromatic carbocycles. The highest BCUT2D eigenvalue weighted by Gasteiger charge is 2.02. The van der Waals surface area contributed by atoms with Crippen LogP contribution >= 0.6 is 0 Å². The van der Waals surface area contributed by atoms with Crippen molar-refractivity contribution in [3.05, 3.63) is 54.9 Å². The minimum Gasteiger partial charge on any atom is -0.464 e. The standard InChI is InChI=1S/C13H8NO/c1-2-5-12-10(4-1)8-11(9-14-12)13-6-3-7-15-13/h1-8H. The normalized spacial score (nSPS) is 10.7. The van der Waals surface area contributed by atoms with Gasteiger partial charge in [0.2, 0.25) is 0 Å². The van der Waals surface area contributed by atoms with Gasteiger partial charge >= 0.3 is 0 Å². The lowest BCUT2D eigenvalue weighted by molar-refractivity contribution is 0.582. The van der Waals surface area contributed by atoms with E-state index in [0.29, 0.717) is 0 Å². The maximum absolute atomic E-state index is 5.30. The van der Waals surface area contributed by atoms with Gasteiger partial charge in [0.1, 0.15) is 12.0 Å². The van der Waals surface area contributed by atoms with Crippen molar-refractivity contribution in [3.63, 3.8) is 0 Å². The van der Waals surface area contributed by atoms with Crippen LogP contribution < -0.4 is 0 Å². The maximum atomic E-state index is 5.30. The summed E-state index contributed by atoms with van der Waals surface area (Å²) in [6.45, 7) is 0. The highest BCUT2D eigenvalue weighted by molar-refractivity contribution is 5.82. The van der Waals surface area contributed by atoms with Crippen LogP contribution in [0.5, 0.6) is 0 Å². The second kappa shape index (κ2) is 3.24. The molecule has 3 aromatic rings. The van der Waals surface area contributed by atoms with Crippen molar-refractivity contribution < 1.29 is 4.42 Å². The molecule has 2 heteroatoms. The SMILES string of the molecule is [c]1nc2ccccc2cc1-c1ccco1. The van der Waals surface area contributed by atoms with Gasteiger partial charge in [-0.25, -0.2) is 4.98 Å². The average molecular weight is 194 g/mol. The topological polar surface area (TPSA) is 26.0 Å². The number of fused-ring (bicyclic) bond motifs is 1. The van der Waals surface area contributed by atoms with Gasteiger partial charge in [0, 0.05) is 10.9 Å². The van der Waals surface area contributed by atoms with Crippen molar-refractivity contribution in [2.45, 2.75) is 0 Å². The lowest BCUT2D eigenvalue weighted by Gasteiger charge is -1.98. The number of furan rings is 1. The second-order valence-electron chi connectivity index (χ2n) is 3.32. The van der Waals surface area contributed by atoms with Gasteiger partial charge in [-0.15, -0.1) is 0 Å². The quantitative estimate of drug-likeness (QED) is 0.594. The Morgan fingerprint density at radius 3 is 2.87 bits per heavy atom. The molecule has 0 N–H and O–H groups in total. The first-order valence-electron chi connectivity index (χ1n) is 4.75. The first kappa shape index (κ1) is 8.24. The third kappa shape index (κ3) is 1.40. The number of para-hydroxylation sites is 1. The monoisotopic (exact) mass is 194 g/mol. The summed E-state index contributed by atoms with van der Waals surface area (Å²) in [4.78, 5) is 4.25. The van der Waals surface area contributed by atoms with Crippen LogP contribution in [0.1, 0.15) is 0 Å². The Morgan fingerprint density at radius 2 is 2.00 bits per heavy atom. The molecule has 0 bridgehead atoms. The number of pyridine rings is 1. The molecule has 0 saturated carbocycles. The van der Waals surface area contributed by atoms with Crippen molar-refractivity contribution in [2.75, 3.05) is 0 Å². The molecule has 0 saturated heterocycles. The average Bonchev–Trinajstić information content (AvgIpc) is 2.82. The summed E-state index contributed by atoms with van der Waals surface area (Å²) in [6.07, 6.45) is 4.62. The zero-order valence-corrected chi connectivity index (χ0v) is 7.97. The van der Waals surface area contributed by atoms with E-state index in [4.69, 9.17) is 4.42 Å². The minimum absolute atomic E-state index is 0.799. The Balaban J connectivity index is 2.22. The van der Waals surface area contributed by atoms with Gasteiger partial charge in [-0.3, -0.25) is 0 Å². The fraction of sp³-hybridized carbons (Fsp3) is 0. The molecule has 0 aliphatic heterocycles. The van der Waals surface area contributed by atoms with E-state index >= 15 is 0 Å².